The summed E-state index contributed by atoms with van der Waals surface area (Å²) in [5.41, 5.74) is 7.90. The van der Waals surface area contributed by atoms with Crippen LogP contribution in [-0.4, -0.2) is 38.7 Å². The number of rotatable bonds is 6. The van der Waals surface area contributed by atoms with E-state index in [9.17, 15) is 4.79 Å². The van der Waals surface area contributed by atoms with Crippen molar-refractivity contribution in [2.75, 3.05) is 13.2 Å². The zero-order valence-corrected chi connectivity index (χ0v) is 20.6. The summed E-state index contributed by atoms with van der Waals surface area (Å²) in [5, 5.41) is 3.94. The van der Waals surface area contributed by atoms with Crippen LogP contribution in [0.5, 0.6) is 0 Å². The third kappa shape index (κ3) is 4.25. The molecule has 1 aliphatic rings. The van der Waals surface area contributed by atoms with Crippen molar-refractivity contribution in [1.29, 1.82) is 0 Å². The molecular formula is C26H30N4O2S. The first kappa shape index (κ1) is 23.0. The highest BCUT2D eigenvalue weighted by Crippen LogP contribution is 2.41. The Kier molecular flexibility index (Phi) is 6.51. The zero-order valence-electron chi connectivity index (χ0n) is 19.8. The molecule has 6 nitrogen and oxygen atoms in total. The maximum atomic E-state index is 12.5. The zero-order chi connectivity index (χ0) is 23.7. The molecule has 2 aromatic heterocycles. The molecule has 172 valence electrons. The fourth-order valence-electron chi connectivity index (χ4n) is 4.70. The first-order valence-electron chi connectivity index (χ1n) is 11.2. The van der Waals surface area contributed by atoms with Gasteiger partial charge in [0, 0.05) is 23.3 Å². The molecule has 0 spiro atoms. The van der Waals surface area contributed by atoms with Crippen molar-refractivity contribution in [3.8, 4) is 5.69 Å². The standard InChI is InChI=1S/C26H30N4O2S/c1-6-32-23(31)15-29-25(24(28-26(29)33)21-11-7-8-13-27-21)20-14-17(3)30(19(20)5)22-12-9-10-16(2)18(22)4/h7-14,24-25H,6,15H2,1-5H3,(H,28,33)/t24-,25+/m1/s1. The molecule has 0 saturated carbocycles. The number of benzene rings is 1. The summed E-state index contributed by atoms with van der Waals surface area (Å²) < 4.78 is 7.53. The second-order valence-electron chi connectivity index (χ2n) is 8.44. The van der Waals surface area contributed by atoms with Crippen LogP contribution < -0.4 is 5.32 Å². The minimum absolute atomic E-state index is 0.0841. The smallest absolute Gasteiger partial charge is 0.325 e. The Morgan fingerprint density at radius 2 is 1.94 bits per heavy atom. The van der Waals surface area contributed by atoms with Crippen molar-refractivity contribution in [2.24, 2.45) is 0 Å². The number of esters is 1. The highest BCUT2D eigenvalue weighted by Gasteiger charge is 2.42. The van der Waals surface area contributed by atoms with Gasteiger partial charge in [-0.3, -0.25) is 9.78 Å². The van der Waals surface area contributed by atoms with Gasteiger partial charge in [-0.25, -0.2) is 0 Å². The summed E-state index contributed by atoms with van der Waals surface area (Å²) in [5.74, 6) is -0.295. The lowest BCUT2D eigenvalue weighted by molar-refractivity contribution is -0.143. The molecule has 1 fully saturated rings. The molecule has 0 aliphatic carbocycles. The molecule has 1 saturated heterocycles. The van der Waals surface area contributed by atoms with E-state index in [1.165, 1.54) is 11.1 Å². The molecular weight excluding hydrogens is 432 g/mol. The van der Waals surface area contributed by atoms with Gasteiger partial charge in [-0.1, -0.05) is 18.2 Å². The first-order chi connectivity index (χ1) is 15.8. The minimum atomic E-state index is -0.295. The van der Waals surface area contributed by atoms with Gasteiger partial charge in [0.2, 0.25) is 0 Å². The topological polar surface area (TPSA) is 59.4 Å². The molecule has 7 heteroatoms. The Morgan fingerprint density at radius 1 is 1.15 bits per heavy atom. The Balaban J connectivity index is 1.84. The number of aromatic nitrogens is 2. The summed E-state index contributed by atoms with van der Waals surface area (Å²) in [6, 6.07) is 14.1. The highest BCUT2D eigenvalue weighted by molar-refractivity contribution is 7.80. The molecule has 3 heterocycles. The molecule has 0 bridgehead atoms. The predicted molar refractivity (Wildman–Crippen MR) is 134 cm³/mol. The molecule has 1 aromatic carbocycles. The Bertz CT molecular complexity index is 1190. The van der Waals surface area contributed by atoms with Crippen LogP contribution in [0.4, 0.5) is 0 Å². The molecule has 1 N–H and O–H groups in total. The van der Waals surface area contributed by atoms with Crippen molar-refractivity contribution in [2.45, 2.75) is 46.7 Å². The second-order valence-corrected chi connectivity index (χ2v) is 8.83. The van der Waals surface area contributed by atoms with E-state index >= 15 is 0 Å². The number of thiocarbonyl (C=S) groups is 1. The number of carbonyl (C=O) groups excluding carboxylic acids is 1. The summed E-state index contributed by atoms with van der Waals surface area (Å²) in [6.07, 6.45) is 1.78. The third-order valence-corrected chi connectivity index (χ3v) is 6.76. The quantitative estimate of drug-likeness (QED) is 0.425. The van der Waals surface area contributed by atoms with Crippen LogP contribution in [0, 0.1) is 27.7 Å². The van der Waals surface area contributed by atoms with Gasteiger partial charge in [-0.05, 0) is 87.8 Å². The van der Waals surface area contributed by atoms with Crippen LogP contribution in [0.3, 0.4) is 0 Å². The van der Waals surface area contributed by atoms with Crippen molar-refractivity contribution >= 4 is 23.3 Å². The average molecular weight is 463 g/mol. The molecule has 2 atom stereocenters. The Labute approximate surface area is 200 Å². The number of nitrogens with one attached hydrogen (secondary N) is 1. The number of nitrogens with zero attached hydrogens (tertiary/aromatic N) is 3. The number of aryl methyl sites for hydroxylation is 2. The predicted octanol–water partition coefficient (Wildman–Crippen LogP) is 4.64. The van der Waals surface area contributed by atoms with E-state index in [0.29, 0.717) is 11.7 Å². The van der Waals surface area contributed by atoms with Crippen LogP contribution in [0.15, 0.2) is 48.7 Å². The van der Waals surface area contributed by atoms with Gasteiger partial charge >= 0.3 is 5.97 Å². The fourth-order valence-corrected chi connectivity index (χ4v) is 5.00. The van der Waals surface area contributed by atoms with Crippen molar-refractivity contribution < 1.29 is 9.53 Å². The SMILES string of the molecule is CCOC(=O)CN1C(=S)N[C@H](c2ccccn2)[C@@H]1c1cc(C)n(-c2cccc(C)c2C)c1C. The van der Waals surface area contributed by atoms with E-state index < -0.39 is 0 Å². The van der Waals surface area contributed by atoms with Crippen LogP contribution in [0.1, 0.15) is 52.8 Å². The second kappa shape index (κ2) is 9.35. The number of hydrogen-bond donors (Lipinski definition) is 1. The highest BCUT2D eigenvalue weighted by atomic mass is 32.1. The number of pyridine rings is 1. The van der Waals surface area contributed by atoms with E-state index in [2.05, 4.69) is 66.8 Å². The molecule has 0 amide bonds. The Morgan fingerprint density at radius 3 is 2.64 bits per heavy atom. The van der Waals surface area contributed by atoms with E-state index in [-0.39, 0.29) is 24.6 Å². The molecule has 1 aliphatic heterocycles. The van der Waals surface area contributed by atoms with Gasteiger partial charge in [0.05, 0.1) is 24.4 Å². The van der Waals surface area contributed by atoms with Gasteiger partial charge in [0.25, 0.3) is 0 Å². The summed E-state index contributed by atoms with van der Waals surface area (Å²) in [7, 11) is 0. The molecule has 4 rings (SSSR count). The number of hydrogen-bond acceptors (Lipinski definition) is 4. The lowest BCUT2D eigenvalue weighted by Crippen LogP contribution is -2.35. The lowest BCUT2D eigenvalue weighted by atomic mass is 9.96. The summed E-state index contributed by atoms with van der Waals surface area (Å²) in [6.45, 7) is 10.8. The van der Waals surface area contributed by atoms with Gasteiger partial charge in [-0.15, -0.1) is 0 Å². The van der Waals surface area contributed by atoms with E-state index in [1.54, 1.807) is 6.20 Å². The Hall–Kier alpha value is -3.19. The van der Waals surface area contributed by atoms with Gasteiger partial charge < -0.3 is 19.5 Å². The first-order valence-corrected chi connectivity index (χ1v) is 11.6. The van der Waals surface area contributed by atoms with Gasteiger partial charge in [0.1, 0.15) is 6.54 Å². The van der Waals surface area contributed by atoms with Gasteiger partial charge in [0.15, 0.2) is 5.11 Å². The van der Waals surface area contributed by atoms with Gasteiger partial charge in [-0.2, -0.15) is 0 Å². The van der Waals surface area contributed by atoms with E-state index in [1.807, 2.05) is 30.0 Å². The number of carbonyl (C=O) groups is 1. The molecule has 0 unspecified atom stereocenters. The van der Waals surface area contributed by atoms with Crippen LogP contribution in [0.25, 0.3) is 5.69 Å². The van der Waals surface area contributed by atoms with Crippen LogP contribution in [-0.2, 0) is 9.53 Å². The van der Waals surface area contributed by atoms with E-state index in [4.69, 9.17) is 17.0 Å². The summed E-state index contributed by atoms with van der Waals surface area (Å²) in [4.78, 5) is 19.0. The molecule has 3 aromatic rings. The van der Waals surface area contributed by atoms with Crippen molar-refractivity contribution in [3.63, 3.8) is 0 Å². The third-order valence-electron chi connectivity index (χ3n) is 6.41. The largest absolute Gasteiger partial charge is 0.465 e. The maximum Gasteiger partial charge on any atom is 0.325 e. The summed E-state index contributed by atoms with van der Waals surface area (Å²) >= 11 is 5.68. The number of ether oxygens (including phenoxy) is 1. The molecule has 0 radical (unpaired) electrons. The monoisotopic (exact) mass is 462 g/mol. The van der Waals surface area contributed by atoms with Crippen molar-refractivity contribution in [3.05, 3.63) is 82.4 Å². The maximum absolute atomic E-state index is 12.5. The van der Waals surface area contributed by atoms with Crippen LogP contribution >= 0.6 is 12.2 Å². The van der Waals surface area contributed by atoms with Crippen molar-refractivity contribution in [1.82, 2.24) is 19.8 Å². The fraction of sp³-hybridized carbons (Fsp3) is 0.346. The van der Waals surface area contributed by atoms with Crippen LogP contribution in [0.2, 0.25) is 0 Å². The minimum Gasteiger partial charge on any atom is -0.465 e. The normalized spacial score (nSPS) is 17.8. The molecule has 33 heavy (non-hydrogen) atoms. The average Bonchev–Trinajstić information content (AvgIpc) is 3.26. The lowest BCUT2D eigenvalue weighted by Gasteiger charge is -2.27. The van der Waals surface area contributed by atoms with E-state index in [0.717, 1.165) is 28.3 Å².